The molecule has 6 heteroatoms. The van der Waals surface area contributed by atoms with E-state index in [2.05, 4.69) is 14.9 Å². The molecule has 0 aliphatic heterocycles. The Labute approximate surface area is 121 Å². The SMILES string of the molecule is CC(C)(CNc1nccn1C1CCCCC1)S(C)(=O)=O. The first kappa shape index (κ1) is 15.4. The number of rotatable bonds is 5. The molecule has 1 aliphatic carbocycles. The summed E-state index contributed by atoms with van der Waals surface area (Å²) in [6.07, 6.45) is 11.3. The van der Waals surface area contributed by atoms with Crippen LogP contribution in [0.4, 0.5) is 5.95 Å². The van der Waals surface area contributed by atoms with Crippen LogP contribution >= 0.6 is 0 Å². The van der Waals surface area contributed by atoms with Gasteiger partial charge in [0.2, 0.25) is 5.95 Å². The third-order valence-electron chi connectivity index (χ3n) is 4.31. The van der Waals surface area contributed by atoms with E-state index in [4.69, 9.17) is 0 Å². The topological polar surface area (TPSA) is 64.0 Å². The molecule has 0 saturated heterocycles. The zero-order chi connectivity index (χ0) is 14.8. The van der Waals surface area contributed by atoms with E-state index in [0.717, 1.165) is 5.95 Å². The minimum absolute atomic E-state index is 0.371. The Bertz CT molecular complexity index is 543. The maximum absolute atomic E-state index is 11.7. The lowest BCUT2D eigenvalue weighted by atomic mass is 9.95. The molecule has 1 aromatic heterocycles. The first-order valence-electron chi connectivity index (χ1n) is 7.27. The van der Waals surface area contributed by atoms with Crippen LogP contribution in [0.1, 0.15) is 52.0 Å². The van der Waals surface area contributed by atoms with Crippen LogP contribution in [0.2, 0.25) is 0 Å². The normalized spacial score (nSPS) is 18.1. The van der Waals surface area contributed by atoms with Crippen molar-refractivity contribution in [1.82, 2.24) is 9.55 Å². The van der Waals surface area contributed by atoms with Crippen molar-refractivity contribution in [3.8, 4) is 0 Å². The molecule has 0 radical (unpaired) electrons. The summed E-state index contributed by atoms with van der Waals surface area (Å²) in [5.74, 6) is 0.786. The highest BCUT2D eigenvalue weighted by molar-refractivity contribution is 7.92. The second-order valence-electron chi connectivity index (χ2n) is 6.34. The van der Waals surface area contributed by atoms with Gasteiger partial charge in [0.15, 0.2) is 9.84 Å². The van der Waals surface area contributed by atoms with Crippen molar-refractivity contribution < 1.29 is 8.42 Å². The van der Waals surface area contributed by atoms with E-state index in [1.807, 2.05) is 6.20 Å². The van der Waals surface area contributed by atoms with E-state index in [0.29, 0.717) is 12.6 Å². The Hall–Kier alpha value is -1.04. The van der Waals surface area contributed by atoms with Crippen molar-refractivity contribution in [2.75, 3.05) is 18.1 Å². The van der Waals surface area contributed by atoms with Crippen molar-refractivity contribution in [2.24, 2.45) is 0 Å². The van der Waals surface area contributed by atoms with Crippen LogP contribution in [-0.4, -0.2) is 35.5 Å². The van der Waals surface area contributed by atoms with E-state index in [1.54, 1.807) is 20.0 Å². The summed E-state index contributed by atoms with van der Waals surface area (Å²) in [5.41, 5.74) is 0. The van der Waals surface area contributed by atoms with Crippen LogP contribution in [-0.2, 0) is 9.84 Å². The molecule has 0 spiro atoms. The quantitative estimate of drug-likeness (QED) is 0.907. The van der Waals surface area contributed by atoms with Gasteiger partial charge in [0, 0.05) is 31.2 Å². The summed E-state index contributed by atoms with van der Waals surface area (Å²) in [6, 6.07) is 0.495. The first-order chi connectivity index (χ1) is 9.31. The smallest absolute Gasteiger partial charge is 0.203 e. The van der Waals surface area contributed by atoms with E-state index in [9.17, 15) is 8.42 Å². The minimum Gasteiger partial charge on any atom is -0.354 e. The van der Waals surface area contributed by atoms with Gasteiger partial charge >= 0.3 is 0 Å². The number of hydrogen-bond donors (Lipinski definition) is 1. The van der Waals surface area contributed by atoms with Gasteiger partial charge < -0.3 is 9.88 Å². The van der Waals surface area contributed by atoms with Gasteiger partial charge in [-0.15, -0.1) is 0 Å². The number of sulfone groups is 1. The fourth-order valence-corrected chi connectivity index (χ4v) is 2.86. The fraction of sp³-hybridized carbons (Fsp3) is 0.786. The highest BCUT2D eigenvalue weighted by atomic mass is 32.2. The molecule has 20 heavy (non-hydrogen) atoms. The first-order valence-corrected chi connectivity index (χ1v) is 9.17. The monoisotopic (exact) mass is 299 g/mol. The number of nitrogens with zero attached hydrogens (tertiary/aromatic N) is 2. The lowest BCUT2D eigenvalue weighted by Crippen LogP contribution is -2.38. The molecule has 1 fully saturated rings. The summed E-state index contributed by atoms with van der Waals surface area (Å²) in [5, 5.41) is 3.21. The number of hydrogen-bond acceptors (Lipinski definition) is 4. The highest BCUT2D eigenvalue weighted by Crippen LogP contribution is 2.30. The van der Waals surface area contributed by atoms with Crippen LogP contribution in [0.15, 0.2) is 12.4 Å². The van der Waals surface area contributed by atoms with Crippen molar-refractivity contribution >= 4 is 15.8 Å². The third-order valence-corrected chi connectivity index (χ3v) is 6.46. The minimum atomic E-state index is -3.09. The maximum atomic E-state index is 11.7. The van der Waals surface area contributed by atoms with Crippen LogP contribution in [0.25, 0.3) is 0 Å². The average molecular weight is 299 g/mol. The van der Waals surface area contributed by atoms with Gasteiger partial charge in [0.05, 0.1) is 4.75 Å². The molecule has 1 aromatic rings. The van der Waals surface area contributed by atoms with Gasteiger partial charge in [0.1, 0.15) is 0 Å². The van der Waals surface area contributed by atoms with Gasteiger partial charge in [-0.1, -0.05) is 19.3 Å². The molecule has 0 aromatic carbocycles. The molecule has 1 heterocycles. The second-order valence-corrected chi connectivity index (χ2v) is 8.98. The molecule has 114 valence electrons. The van der Waals surface area contributed by atoms with Gasteiger partial charge in [-0.05, 0) is 26.7 Å². The molecule has 0 amide bonds. The van der Waals surface area contributed by atoms with Crippen molar-refractivity contribution in [1.29, 1.82) is 0 Å². The molecule has 1 aliphatic rings. The van der Waals surface area contributed by atoms with Gasteiger partial charge in [0.25, 0.3) is 0 Å². The average Bonchev–Trinajstić information content (AvgIpc) is 2.84. The fourth-order valence-electron chi connectivity index (χ4n) is 2.53. The molecule has 5 nitrogen and oxygen atoms in total. The molecular weight excluding hydrogens is 274 g/mol. The van der Waals surface area contributed by atoms with Gasteiger partial charge in [-0.2, -0.15) is 0 Å². The predicted octanol–water partition coefficient (Wildman–Crippen LogP) is 2.62. The maximum Gasteiger partial charge on any atom is 0.203 e. The van der Waals surface area contributed by atoms with E-state index < -0.39 is 14.6 Å². The number of imidazole rings is 1. The van der Waals surface area contributed by atoms with E-state index in [1.165, 1.54) is 38.4 Å². The van der Waals surface area contributed by atoms with Crippen molar-refractivity contribution in [3.05, 3.63) is 12.4 Å². The van der Waals surface area contributed by atoms with Gasteiger partial charge in [-0.25, -0.2) is 13.4 Å². The van der Waals surface area contributed by atoms with Crippen LogP contribution < -0.4 is 5.32 Å². The zero-order valence-electron chi connectivity index (χ0n) is 12.6. The lowest BCUT2D eigenvalue weighted by molar-refractivity contribution is 0.355. The molecule has 2 rings (SSSR count). The Morgan fingerprint density at radius 3 is 2.60 bits per heavy atom. The van der Waals surface area contributed by atoms with Crippen LogP contribution in [0.3, 0.4) is 0 Å². The third kappa shape index (κ3) is 3.34. The van der Waals surface area contributed by atoms with Crippen LogP contribution in [0, 0.1) is 0 Å². The van der Waals surface area contributed by atoms with E-state index in [-0.39, 0.29) is 0 Å². The largest absolute Gasteiger partial charge is 0.354 e. The number of anilines is 1. The van der Waals surface area contributed by atoms with E-state index >= 15 is 0 Å². The Morgan fingerprint density at radius 2 is 2.00 bits per heavy atom. The summed E-state index contributed by atoms with van der Waals surface area (Å²) in [4.78, 5) is 4.33. The van der Waals surface area contributed by atoms with Gasteiger partial charge in [-0.3, -0.25) is 0 Å². The summed E-state index contributed by atoms with van der Waals surface area (Å²) < 4.78 is 24.8. The second kappa shape index (κ2) is 5.76. The molecular formula is C14H25N3O2S. The predicted molar refractivity (Wildman–Crippen MR) is 81.8 cm³/mol. The molecule has 1 N–H and O–H groups in total. The Kier molecular flexibility index (Phi) is 4.42. The summed E-state index contributed by atoms with van der Waals surface area (Å²) in [6.45, 7) is 3.85. The summed E-state index contributed by atoms with van der Waals surface area (Å²) in [7, 11) is -3.09. The number of nitrogens with one attached hydrogen (secondary N) is 1. The Morgan fingerprint density at radius 1 is 1.35 bits per heavy atom. The van der Waals surface area contributed by atoms with Crippen molar-refractivity contribution in [3.63, 3.8) is 0 Å². The summed E-state index contributed by atoms with van der Waals surface area (Å²) >= 11 is 0. The zero-order valence-corrected chi connectivity index (χ0v) is 13.4. The Balaban J connectivity index is 2.06. The molecule has 1 saturated carbocycles. The van der Waals surface area contributed by atoms with Crippen molar-refractivity contribution in [2.45, 2.75) is 56.7 Å². The number of aromatic nitrogens is 2. The molecule has 0 unspecified atom stereocenters. The van der Waals surface area contributed by atoms with Crippen LogP contribution in [0.5, 0.6) is 0 Å². The molecule has 0 bridgehead atoms. The lowest BCUT2D eigenvalue weighted by Gasteiger charge is -2.27. The highest BCUT2D eigenvalue weighted by Gasteiger charge is 2.30. The molecule has 0 atom stereocenters. The standard InChI is InChI=1S/C14H25N3O2S/c1-14(2,20(3,18)19)11-16-13-15-9-10-17(13)12-7-5-4-6-8-12/h9-10,12H,4-8,11H2,1-3H3,(H,15,16).